The summed E-state index contributed by atoms with van der Waals surface area (Å²) in [5.74, 6) is 3.33. The van der Waals surface area contributed by atoms with Crippen LogP contribution in [0.25, 0.3) is 0 Å². The van der Waals surface area contributed by atoms with Gasteiger partial charge in [0, 0.05) is 12.1 Å². The van der Waals surface area contributed by atoms with Crippen LogP contribution in [0.15, 0.2) is 30.3 Å². The fourth-order valence-corrected chi connectivity index (χ4v) is 3.45. The third kappa shape index (κ3) is 4.03. The molecule has 1 N–H and O–H groups in total. The van der Waals surface area contributed by atoms with Gasteiger partial charge < -0.3 is 5.32 Å². The molecule has 0 spiro atoms. The van der Waals surface area contributed by atoms with Crippen LogP contribution in [0, 0.1) is 0 Å². The molecule has 0 saturated heterocycles. The maximum atomic E-state index is 3.76. The van der Waals surface area contributed by atoms with Crippen molar-refractivity contribution in [3.8, 4) is 0 Å². The lowest BCUT2D eigenvalue weighted by Gasteiger charge is -2.38. The Balaban J connectivity index is 1.64. The molecule has 18 heavy (non-hydrogen) atoms. The predicted molar refractivity (Wildman–Crippen MR) is 82.4 cm³/mol. The molecule has 1 unspecified atom stereocenters. The average Bonchev–Trinajstić information content (AvgIpc) is 2.35. The Hall–Kier alpha value is -0.470. The van der Waals surface area contributed by atoms with Crippen molar-refractivity contribution in [3.05, 3.63) is 35.9 Å². The van der Waals surface area contributed by atoms with Crippen molar-refractivity contribution in [2.24, 2.45) is 0 Å². The summed E-state index contributed by atoms with van der Waals surface area (Å²) in [6.45, 7) is 4.56. The van der Waals surface area contributed by atoms with Crippen molar-refractivity contribution >= 4 is 11.8 Å². The first-order valence-electron chi connectivity index (χ1n) is 7.18. The van der Waals surface area contributed by atoms with Crippen molar-refractivity contribution in [1.82, 2.24) is 5.32 Å². The summed E-state index contributed by atoms with van der Waals surface area (Å²) in [4.78, 5) is 0. The van der Waals surface area contributed by atoms with Gasteiger partial charge in [0.05, 0.1) is 0 Å². The fourth-order valence-electron chi connectivity index (χ4n) is 2.64. The van der Waals surface area contributed by atoms with E-state index in [9.17, 15) is 0 Å². The first kappa shape index (κ1) is 14.0. The van der Waals surface area contributed by atoms with Crippen LogP contribution >= 0.6 is 11.8 Å². The van der Waals surface area contributed by atoms with Crippen molar-refractivity contribution in [3.63, 3.8) is 0 Å². The molecule has 2 heteroatoms. The first-order valence-corrected chi connectivity index (χ1v) is 8.33. The van der Waals surface area contributed by atoms with E-state index < -0.39 is 0 Å². The third-order valence-corrected chi connectivity index (χ3v) is 4.76. The monoisotopic (exact) mass is 263 g/mol. The predicted octanol–water partition coefficient (Wildman–Crippen LogP) is 4.05. The van der Waals surface area contributed by atoms with E-state index >= 15 is 0 Å². The van der Waals surface area contributed by atoms with Crippen LogP contribution < -0.4 is 5.32 Å². The van der Waals surface area contributed by atoms with Gasteiger partial charge in [0.2, 0.25) is 0 Å². The summed E-state index contributed by atoms with van der Waals surface area (Å²) in [5, 5.41) is 3.76. The Morgan fingerprint density at radius 1 is 1.28 bits per heavy atom. The van der Waals surface area contributed by atoms with Crippen LogP contribution in [0.1, 0.15) is 44.6 Å². The number of hydrogen-bond donors (Lipinski definition) is 1. The van der Waals surface area contributed by atoms with Gasteiger partial charge in [-0.3, -0.25) is 0 Å². The highest BCUT2D eigenvalue weighted by atomic mass is 32.2. The highest BCUT2D eigenvalue weighted by Crippen LogP contribution is 2.36. The zero-order valence-corrected chi connectivity index (χ0v) is 12.4. The lowest BCUT2D eigenvalue weighted by molar-refractivity contribution is 0.268. The Kier molecular flexibility index (Phi) is 5.58. The van der Waals surface area contributed by atoms with Crippen LogP contribution in [-0.4, -0.2) is 23.6 Å². The number of rotatable bonds is 7. The molecule has 0 aromatic heterocycles. The van der Waals surface area contributed by atoms with E-state index in [1.54, 1.807) is 0 Å². The molecule has 0 radical (unpaired) electrons. The highest BCUT2D eigenvalue weighted by molar-refractivity contribution is 7.99. The number of nitrogens with one attached hydrogen (secondary N) is 1. The van der Waals surface area contributed by atoms with Crippen molar-refractivity contribution in [2.75, 3.05) is 11.5 Å². The van der Waals surface area contributed by atoms with E-state index in [2.05, 4.69) is 49.5 Å². The lowest BCUT2D eigenvalue weighted by atomic mass is 9.75. The lowest BCUT2D eigenvalue weighted by Crippen LogP contribution is -2.44. The van der Waals surface area contributed by atoms with Gasteiger partial charge >= 0.3 is 0 Å². The van der Waals surface area contributed by atoms with Gasteiger partial charge in [0.1, 0.15) is 0 Å². The van der Waals surface area contributed by atoms with E-state index in [4.69, 9.17) is 0 Å². The van der Waals surface area contributed by atoms with Crippen LogP contribution in [0.3, 0.4) is 0 Å². The van der Waals surface area contributed by atoms with E-state index in [0.717, 1.165) is 12.0 Å². The van der Waals surface area contributed by atoms with Gasteiger partial charge in [-0.2, -0.15) is 11.8 Å². The van der Waals surface area contributed by atoms with Crippen molar-refractivity contribution < 1.29 is 0 Å². The molecule has 0 amide bonds. The molecule has 1 aromatic carbocycles. The van der Waals surface area contributed by atoms with E-state index in [0.29, 0.717) is 6.04 Å². The zero-order chi connectivity index (χ0) is 12.8. The van der Waals surface area contributed by atoms with Crippen LogP contribution in [0.2, 0.25) is 0 Å². The smallest absolute Gasteiger partial charge is 0.00812 e. The molecule has 1 nitrogen and oxygen atoms in total. The molecule has 1 fully saturated rings. The van der Waals surface area contributed by atoms with Crippen LogP contribution in [-0.2, 0) is 0 Å². The molecule has 1 atom stereocenters. The first-order chi connectivity index (χ1) is 8.79. The number of hydrogen-bond acceptors (Lipinski definition) is 2. The van der Waals surface area contributed by atoms with Crippen molar-refractivity contribution in [2.45, 2.75) is 51.1 Å². The number of benzene rings is 1. The summed E-state index contributed by atoms with van der Waals surface area (Å²) < 4.78 is 0. The Morgan fingerprint density at radius 3 is 2.67 bits per heavy atom. The maximum Gasteiger partial charge on any atom is 0.00812 e. The topological polar surface area (TPSA) is 12.0 Å². The van der Waals surface area contributed by atoms with Gasteiger partial charge in [0.25, 0.3) is 0 Å². The van der Waals surface area contributed by atoms with Crippen LogP contribution in [0.4, 0.5) is 0 Å². The summed E-state index contributed by atoms with van der Waals surface area (Å²) in [6, 6.07) is 12.4. The average molecular weight is 263 g/mol. The molecule has 1 aromatic rings. The SMILES string of the molecule is CCSCCC(C)NC1CC(c2ccccc2)C1. The molecule has 1 aliphatic rings. The minimum absolute atomic E-state index is 0.672. The summed E-state index contributed by atoms with van der Waals surface area (Å²) in [5.41, 5.74) is 1.52. The van der Waals surface area contributed by atoms with Gasteiger partial charge in [-0.25, -0.2) is 0 Å². The third-order valence-electron chi connectivity index (χ3n) is 3.83. The quantitative estimate of drug-likeness (QED) is 0.745. The largest absolute Gasteiger partial charge is 0.311 e. The second-order valence-corrected chi connectivity index (χ2v) is 6.72. The van der Waals surface area contributed by atoms with Crippen LogP contribution in [0.5, 0.6) is 0 Å². The zero-order valence-electron chi connectivity index (χ0n) is 11.6. The molecule has 1 aliphatic carbocycles. The van der Waals surface area contributed by atoms with Gasteiger partial charge in [-0.15, -0.1) is 0 Å². The van der Waals surface area contributed by atoms with E-state index in [1.807, 2.05) is 11.8 Å². The molecular weight excluding hydrogens is 238 g/mol. The molecule has 0 aliphatic heterocycles. The second-order valence-electron chi connectivity index (χ2n) is 5.33. The second kappa shape index (κ2) is 7.20. The highest BCUT2D eigenvalue weighted by Gasteiger charge is 2.30. The molecule has 0 bridgehead atoms. The van der Waals surface area contributed by atoms with Gasteiger partial charge in [0.15, 0.2) is 0 Å². The number of thioether (sulfide) groups is 1. The standard InChI is InChI=1S/C16H25NS/c1-3-18-10-9-13(2)17-16-11-15(12-16)14-7-5-4-6-8-14/h4-8,13,15-17H,3,9-12H2,1-2H3. The Labute approximate surface area is 116 Å². The van der Waals surface area contributed by atoms with Gasteiger partial charge in [-0.1, -0.05) is 37.3 Å². The summed E-state index contributed by atoms with van der Waals surface area (Å²) >= 11 is 2.05. The van der Waals surface area contributed by atoms with E-state index in [1.165, 1.54) is 36.3 Å². The minimum Gasteiger partial charge on any atom is -0.311 e. The summed E-state index contributed by atoms with van der Waals surface area (Å²) in [7, 11) is 0. The summed E-state index contributed by atoms with van der Waals surface area (Å²) in [6.07, 6.45) is 3.93. The Bertz CT molecular complexity index is 332. The van der Waals surface area contributed by atoms with Gasteiger partial charge in [-0.05, 0) is 49.2 Å². The normalized spacial score (nSPS) is 24.6. The molecule has 1 saturated carbocycles. The van der Waals surface area contributed by atoms with Crippen molar-refractivity contribution in [1.29, 1.82) is 0 Å². The molecular formula is C16H25NS. The Morgan fingerprint density at radius 2 is 2.00 bits per heavy atom. The van der Waals surface area contributed by atoms with E-state index in [-0.39, 0.29) is 0 Å². The molecule has 0 heterocycles. The minimum atomic E-state index is 0.672. The molecule has 100 valence electrons. The molecule has 2 rings (SSSR count). The maximum absolute atomic E-state index is 3.76. The fraction of sp³-hybridized carbons (Fsp3) is 0.625.